The average molecular weight is 649 g/mol. The lowest BCUT2D eigenvalue weighted by Gasteiger charge is -2.25. The minimum absolute atomic E-state index is 0. The van der Waals surface area contributed by atoms with Gasteiger partial charge in [-0.25, -0.2) is 4.98 Å². The number of fused-ring (bicyclic) bond motifs is 1. The zero-order valence-corrected chi connectivity index (χ0v) is 27.9. The van der Waals surface area contributed by atoms with Crippen molar-refractivity contribution in [3.8, 4) is 23.0 Å². The molecule has 0 bridgehead atoms. The highest BCUT2D eigenvalue weighted by atomic mass is 35.5. The zero-order valence-electron chi connectivity index (χ0n) is 25.5. The normalized spacial score (nSPS) is 16.1. The predicted molar refractivity (Wildman–Crippen MR) is 183 cm³/mol. The van der Waals surface area contributed by atoms with Gasteiger partial charge in [-0.05, 0) is 118 Å². The number of hydrogen-bond donors (Lipinski definition) is 2. The molecule has 7 nitrogen and oxygen atoms in total. The number of aromatic nitrogens is 3. The van der Waals surface area contributed by atoms with Crippen LogP contribution in [0.25, 0.3) is 21.7 Å². The molecule has 2 aliphatic heterocycles. The Hall–Kier alpha value is -2.23. The van der Waals surface area contributed by atoms with Gasteiger partial charge in [-0.3, -0.25) is 0 Å². The van der Waals surface area contributed by atoms with Gasteiger partial charge < -0.3 is 29.2 Å². The first-order valence-electron chi connectivity index (χ1n) is 15.6. The van der Waals surface area contributed by atoms with E-state index in [-0.39, 0.29) is 24.8 Å². The SMILES string of the molecule is CCc1cn(CCCc2ccc(OCC3CCNCC3)c(OCC3CCNCC3)c2)c(-c2cc3sccc3n2C)n1.Cl.Cl. The molecule has 0 amide bonds. The molecule has 0 radical (unpaired) electrons. The van der Waals surface area contributed by atoms with Gasteiger partial charge in [-0.2, -0.15) is 0 Å². The Morgan fingerprint density at radius 2 is 1.58 bits per heavy atom. The van der Waals surface area contributed by atoms with Gasteiger partial charge >= 0.3 is 0 Å². The van der Waals surface area contributed by atoms with Crippen LogP contribution in [0.2, 0.25) is 0 Å². The number of nitrogens with zero attached hydrogens (tertiary/aromatic N) is 3. The molecule has 4 aromatic rings. The van der Waals surface area contributed by atoms with Gasteiger partial charge in [0.2, 0.25) is 0 Å². The second-order valence-corrected chi connectivity index (χ2v) is 12.7. The number of imidazole rings is 1. The first-order valence-corrected chi connectivity index (χ1v) is 16.4. The highest BCUT2D eigenvalue weighted by Gasteiger charge is 2.19. The van der Waals surface area contributed by atoms with E-state index in [4.69, 9.17) is 14.5 Å². The quantitative estimate of drug-likeness (QED) is 0.175. The van der Waals surface area contributed by atoms with Crippen LogP contribution in [0.4, 0.5) is 0 Å². The number of nitrogens with one attached hydrogen (secondary N) is 2. The number of halogens is 2. The standard InChI is InChI=1S/C33H45N5O2S.2ClH/c1-3-27-21-38(33(36-27)29-20-32-28(37(29)2)12-18-41-32)17-4-5-24-6-7-30(39-22-25-8-13-34-14-9-25)31(19-24)40-23-26-10-15-35-16-11-26;;/h6-7,12,18-21,25-26,34-35H,3-5,8-11,13-17,22-23H2,1-2H3;2*1H. The molecule has 6 rings (SSSR count). The second-order valence-electron chi connectivity index (χ2n) is 11.8. The smallest absolute Gasteiger partial charge is 0.161 e. The lowest BCUT2D eigenvalue weighted by Crippen LogP contribution is -2.31. The molecular formula is C33H47Cl2N5O2S. The number of rotatable bonds is 12. The molecule has 43 heavy (non-hydrogen) atoms. The molecule has 0 unspecified atom stereocenters. The molecule has 2 saturated heterocycles. The van der Waals surface area contributed by atoms with Crippen molar-refractivity contribution in [3.63, 3.8) is 0 Å². The van der Waals surface area contributed by atoms with Crippen molar-refractivity contribution >= 4 is 46.4 Å². The van der Waals surface area contributed by atoms with Gasteiger partial charge in [0.05, 0.1) is 34.8 Å². The molecule has 2 fully saturated rings. The summed E-state index contributed by atoms with van der Waals surface area (Å²) >= 11 is 1.79. The van der Waals surface area contributed by atoms with Crippen LogP contribution in [0.3, 0.4) is 0 Å². The van der Waals surface area contributed by atoms with Crippen molar-refractivity contribution < 1.29 is 9.47 Å². The summed E-state index contributed by atoms with van der Waals surface area (Å²) in [5, 5.41) is 9.07. The molecule has 0 spiro atoms. The van der Waals surface area contributed by atoms with Crippen LogP contribution in [0.5, 0.6) is 11.5 Å². The van der Waals surface area contributed by atoms with E-state index in [1.165, 1.54) is 47.2 Å². The van der Waals surface area contributed by atoms with Crippen molar-refractivity contribution in [2.24, 2.45) is 18.9 Å². The zero-order chi connectivity index (χ0) is 28.0. The monoisotopic (exact) mass is 647 g/mol. The molecule has 236 valence electrons. The molecule has 3 aromatic heterocycles. The molecule has 2 N–H and O–H groups in total. The second kappa shape index (κ2) is 16.2. The van der Waals surface area contributed by atoms with Gasteiger partial charge in [0, 0.05) is 19.8 Å². The Bertz CT molecular complexity index is 1420. The van der Waals surface area contributed by atoms with E-state index in [9.17, 15) is 0 Å². The maximum absolute atomic E-state index is 6.47. The fourth-order valence-electron chi connectivity index (χ4n) is 6.19. The van der Waals surface area contributed by atoms with Crippen molar-refractivity contribution in [2.45, 2.75) is 58.4 Å². The first kappa shape index (κ1) is 33.7. The van der Waals surface area contributed by atoms with E-state index < -0.39 is 0 Å². The Balaban J connectivity index is 0.00000212. The number of thiophene rings is 1. The average Bonchev–Trinajstić information content (AvgIpc) is 3.72. The van der Waals surface area contributed by atoms with Crippen molar-refractivity contribution in [2.75, 3.05) is 39.4 Å². The molecule has 0 saturated carbocycles. The van der Waals surface area contributed by atoms with Crippen LogP contribution < -0.4 is 20.1 Å². The summed E-state index contributed by atoms with van der Waals surface area (Å²) in [7, 11) is 2.15. The van der Waals surface area contributed by atoms with Crippen LogP contribution in [-0.4, -0.2) is 53.5 Å². The molecule has 0 atom stereocenters. The molecule has 5 heterocycles. The first-order chi connectivity index (χ1) is 20.2. The van der Waals surface area contributed by atoms with E-state index in [1.807, 2.05) is 0 Å². The Kier molecular flexibility index (Phi) is 12.7. The summed E-state index contributed by atoms with van der Waals surface area (Å²) < 4.78 is 18.8. The van der Waals surface area contributed by atoms with E-state index in [1.54, 1.807) is 11.3 Å². The number of aryl methyl sites for hydroxylation is 4. The van der Waals surface area contributed by atoms with E-state index >= 15 is 0 Å². The topological polar surface area (TPSA) is 65.3 Å². The maximum Gasteiger partial charge on any atom is 0.161 e. The van der Waals surface area contributed by atoms with E-state index in [0.29, 0.717) is 11.8 Å². The minimum atomic E-state index is 0. The summed E-state index contributed by atoms with van der Waals surface area (Å²) in [5.41, 5.74) is 4.91. The van der Waals surface area contributed by atoms with Crippen LogP contribution in [0, 0.1) is 11.8 Å². The van der Waals surface area contributed by atoms with Crippen LogP contribution in [0.15, 0.2) is 41.9 Å². The molecule has 10 heteroatoms. The Morgan fingerprint density at radius 1 is 0.907 bits per heavy atom. The minimum Gasteiger partial charge on any atom is -0.489 e. The third-order valence-electron chi connectivity index (χ3n) is 8.82. The van der Waals surface area contributed by atoms with Gasteiger partial charge in [-0.15, -0.1) is 36.2 Å². The van der Waals surface area contributed by atoms with Crippen LogP contribution in [-0.2, 0) is 26.4 Å². The fourth-order valence-corrected chi connectivity index (χ4v) is 7.03. The number of ether oxygens (including phenoxy) is 2. The molecule has 0 aliphatic carbocycles. The third-order valence-corrected chi connectivity index (χ3v) is 9.67. The summed E-state index contributed by atoms with van der Waals surface area (Å²) in [6.07, 6.45) is 9.92. The highest BCUT2D eigenvalue weighted by Crippen LogP contribution is 2.33. The lowest BCUT2D eigenvalue weighted by molar-refractivity contribution is 0.185. The lowest BCUT2D eigenvalue weighted by atomic mass is 9.99. The molecular weight excluding hydrogens is 601 g/mol. The summed E-state index contributed by atoms with van der Waals surface area (Å²) in [6.45, 7) is 9.00. The summed E-state index contributed by atoms with van der Waals surface area (Å²) in [5.74, 6) is 4.10. The number of hydrogen-bond acceptors (Lipinski definition) is 6. The summed E-state index contributed by atoms with van der Waals surface area (Å²) in [6, 6.07) is 11.1. The number of piperidine rings is 2. The van der Waals surface area contributed by atoms with Crippen molar-refractivity contribution in [1.82, 2.24) is 24.8 Å². The van der Waals surface area contributed by atoms with Crippen molar-refractivity contribution in [1.29, 1.82) is 0 Å². The highest BCUT2D eigenvalue weighted by molar-refractivity contribution is 7.17. The largest absolute Gasteiger partial charge is 0.489 e. The van der Waals surface area contributed by atoms with Crippen LogP contribution >= 0.6 is 36.2 Å². The van der Waals surface area contributed by atoms with Crippen molar-refractivity contribution in [3.05, 3.63) is 53.2 Å². The molecule has 1 aromatic carbocycles. The summed E-state index contributed by atoms with van der Waals surface area (Å²) in [4.78, 5) is 5.02. The predicted octanol–water partition coefficient (Wildman–Crippen LogP) is 6.90. The van der Waals surface area contributed by atoms with Gasteiger partial charge in [0.25, 0.3) is 0 Å². The maximum atomic E-state index is 6.47. The van der Waals surface area contributed by atoms with E-state index in [2.05, 4.69) is 75.6 Å². The molecule has 2 aliphatic rings. The number of benzene rings is 1. The Morgan fingerprint density at radius 3 is 2.23 bits per heavy atom. The van der Waals surface area contributed by atoms with E-state index in [0.717, 1.165) is 88.2 Å². The van der Waals surface area contributed by atoms with Crippen LogP contribution in [0.1, 0.15) is 50.3 Å². The van der Waals surface area contributed by atoms with Gasteiger partial charge in [0.15, 0.2) is 17.3 Å². The fraction of sp³-hybridized carbons (Fsp3) is 0.545. The third kappa shape index (κ3) is 8.28. The van der Waals surface area contributed by atoms with Gasteiger partial charge in [0.1, 0.15) is 0 Å². The Labute approximate surface area is 272 Å². The van der Waals surface area contributed by atoms with Gasteiger partial charge in [-0.1, -0.05) is 13.0 Å².